The Labute approximate surface area is 141 Å². The molecule has 0 fully saturated rings. The van der Waals surface area contributed by atoms with Gasteiger partial charge in [-0.25, -0.2) is 0 Å². The zero-order chi connectivity index (χ0) is 16.7. The summed E-state index contributed by atoms with van der Waals surface area (Å²) >= 11 is 6.05. The number of likely N-dealkylation sites (N-methyl/N-ethyl adjacent to an activating group) is 1. The Kier molecular flexibility index (Phi) is 6.86. The van der Waals surface area contributed by atoms with E-state index in [9.17, 15) is 10.2 Å². The zero-order valence-electron chi connectivity index (χ0n) is 13.2. The van der Waals surface area contributed by atoms with Gasteiger partial charge in [-0.05, 0) is 24.7 Å². The van der Waals surface area contributed by atoms with Crippen LogP contribution in [0.2, 0.25) is 5.02 Å². The second kappa shape index (κ2) is 8.89. The number of nitrogens with zero attached hydrogens (tertiary/aromatic N) is 1. The lowest BCUT2D eigenvalue weighted by Gasteiger charge is -2.21. The first-order valence-electron chi connectivity index (χ1n) is 7.51. The minimum atomic E-state index is -0.603. The number of benzene rings is 2. The number of rotatable bonds is 8. The number of para-hydroxylation sites is 1. The summed E-state index contributed by atoms with van der Waals surface area (Å²) in [5, 5.41) is 20.5. The van der Waals surface area contributed by atoms with Gasteiger partial charge in [-0.1, -0.05) is 48.0 Å². The van der Waals surface area contributed by atoms with E-state index >= 15 is 0 Å². The van der Waals surface area contributed by atoms with Crippen molar-refractivity contribution in [2.24, 2.45) is 0 Å². The van der Waals surface area contributed by atoms with Gasteiger partial charge in [0.05, 0.1) is 19.3 Å². The van der Waals surface area contributed by atoms with Gasteiger partial charge in [0.15, 0.2) is 0 Å². The van der Waals surface area contributed by atoms with Crippen LogP contribution in [0.1, 0.15) is 11.1 Å². The number of aliphatic hydroxyl groups excluding tert-OH is 1. The molecule has 0 radical (unpaired) electrons. The maximum atomic E-state index is 10.1. The summed E-state index contributed by atoms with van der Waals surface area (Å²) < 4.78 is 5.53. The minimum Gasteiger partial charge on any atom is -0.508 e. The first-order chi connectivity index (χ1) is 11.1. The Bertz CT molecular complexity index is 621. The van der Waals surface area contributed by atoms with Crippen molar-refractivity contribution in [1.29, 1.82) is 0 Å². The van der Waals surface area contributed by atoms with Crippen LogP contribution in [0.4, 0.5) is 0 Å². The van der Waals surface area contributed by atoms with Gasteiger partial charge < -0.3 is 14.9 Å². The van der Waals surface area contributed by atoms with E-state index in [2.05, 4.69) is 0 Å². The molecule has 0 amide bonds. The Morgan fingerprint density at radius 2 is 1.74 bits per heavy atom. The first kappa shape index (κ1) is 17.8. The van der Waals surface area contributed by atoms with Crippen molar-refractivity contribution in [2.45, 2.75) is 19.3 Å². The maximum Gasteiger partial charge on any atom is 0.120 e. The third-order valence-electron chi connectivity index (χ3n) is 3.48. The van der Waals surface area contributed by atoms with E-state index in [1.54, 1.807) is 12.1 Å². The highest BCUT2D eigenvalue weighted by Crippen LogP contribution is 2.17. The van der Waals surface area contributed by atoms with Crippen LogP contribution in [0.5, 0.6) is 5.75 Å². The fraction of sp³-hybridized carbons (Fsp3) is 0.333. The Morgan fingerprint density at radius 1 is 1.09 bits per heavy atom. The van der Waals surface area contributed by atoms with Gasteiger partial charge in [0.1, 0.15) is 5.75 Å². The highest BCUT2D eigenvalue weighted by molar-refractivity contribution is 6.31. The Morgan fingerprint density at radius 3 is 2.43 bits per heavy atom. The minimum absolute atomic E-state index is 0.232. The smallest absolute Gasteiger partial charge is 0.120 e. The highest BCUT2D eigenvalue weighted by atomic mass is 35.5. The molecule has 0 spiro atoms. The molecule has 0 aliphatic carbocycles. The lowest BCUT2D eigenvalue weighted by Crippen LogP contribution is -2.31. The summed E-state index contributed by atoms with van der Waals surface area (Å²) in [6, 6.07) is 14.7. The molecule has 2 rings (SSSR count). The maximum absolute atomic E-state index is 10.1. The molecule has 1 atom stereocenters. The quantitative estimate of drug-likeness (QED) is 0.778. The van der Waals surface area contributed by atoms with Gasteiger partial charge in [-0.15, -0.1) is 0 Å². The molecule has 23 heavy (non-hydrogen) atoms. The van der Waals surface area contributed by atoms with Gasteiger partial charge in [-0.2, -0.15) is 0 Å². The van der Waals surface area contributed by atoms with E-state index in [1.807, 2.05) is 48.3 Å². The number of aliphatic hydroxyl groups is 1. The molecule has 124 valence electrons. The number of phenols is 1. The zero-order valence-corrected chi connectivity index (χ0v) is 13.9. The molecule has 2 aromatic carbocycles. The third-order valence-corrected chi connectivity index (χ3v) is 3.85. The second-order valence-electron chi connectivity index (χ2n) is 5.59. The number of ether oxygens (including phenoxy) is 1. The summed E-state index contributed by atoms with van der Waals surface area (Å²) in [5.74, 6) is 0.267. The summed E-state index contributed by atoms with van der Waals surface area (Å²) in [6.45, 7) is 1.63. The fourth-order valence-electron chi connectivity index (χ4n) is 2.33. The lowest BCUT2D eigenvalue weighted by molar-refractivity contribution is 0.0126. The molecule has 0 aliphatic rings. The molecule has 0 heterocycles. The topological polar surface area (TPSA) is 52.9 Å². The largest absolute Gasteiger partial charge is 0.508 e. The molecule has 0 aliphatic heterocycles. The molecule has 2 aromatic rings. The SMILES string of the molecule is CN(Cc1ccccc1O)CC(O)COCc1ccccc1Cl. The summed E-state index contributed by atoms with van der Waals surface area (Å²) in [7, 11) is 1.89. The molecule has 5 heteroatoms. The van der Waals surface area contributed by atoms with Crippen LogP contribution in [0.15, 0.2) is 48.5 Å². The molecule has 1 unspecified atom stereocenters. The van der Waals surface area contributed by atoms with E-state index in [4.69, 9.17) is 16.3 Å². The number of hydrogen-bond acceptors (Lipinski definition) is 4. The standard InChI is InChI=1S/C18H22ClNO3/c1-20(10-14-6-3-5-9-18(14)22)11-16(21)13-23-12-15-7-2-4-8-17(15)19/h2-9,16,21-22H,10-13H2,1H3. The summed E-state index contributed by atoms with van der Waals surface area (Å²) in [4.78, 5) is 1.94. The summed E-state index contributed by atoms with van der Waals surface area (Å²) in [5.41, 5.74) is 1.74. The van der Waals surface area contributed by atoms with Crippen LogP contribution in [-0.2, 0) is 17.9 Å². The van der Waals surface area contributed by atoms with Crippen LogP contribution in [-0.4, -0.2) is 41.4 Å². The van der Waals surface area contributed by atoms with Crippen LogP contribution < -0.4 is 0 Å². The van der Waals surface area contributed by atoms with Crippen molar-refractivity contribution in [2.75, 3.05) is 20.2 Å². The fourth-order valence-corrected chi connectivity index (χ4v) is 2.52. The average Bonchev–Trinajstić information content (AvgIpc) is 2.51. The van der Waals surface area contributed by atoms with Crippen molar-refractivity contribution in [3.05, 3.63) is 64.7 Å². The molecule has 0 bridgehead atoms. The molecule has 2 N–H and O–H groups in total. The Balaban J connectivity index is 1.73. The predicted octanol–water partition coefficient (Wildman–Crippen LogP) is 3.06. The monoisotopic (exact) mass is 335 g/mol. The lowest BCUT2D eigenvalue weighted by atomic mass is 10.2. The van der Waals surface area contributed by atoms with Gasteiger partial charge in [0.25, 0.3) is 0 Å². The van der Waals surface area contributed by atoms with Crippen molar-refractivity contribution in [3.8, 4) is 5.75 Å². The molecule has 4 nitrogen and oxygen atoms in total. The second-order valence-corrected chi connectivity index (χ2v) is 5.99. The Hall–Kier alpha value is -1.59. The average molecular weight is 336 g/mol. The van der Waals surface area contributed by atoms with Crippen LogP contribution in [0.3, 0.4) is 0 Å². The number of hydrogen-bond donors (Lipinski definition) is 2. The van der Waals surface area contributed by atoms with E-state index in [0.717, 1.165) is 11.1 Å². The van der Waals surface area contributed by atoms with Crippen molar-refractivity contribution < 1.29 is 14.9 Å². The van der Waals surface area contributed by atoms with Crippen LogP contribution in [0, 0.1) is 0 Å². The van der Waals surface area contributed by atoms with E-state index in [-0.39, 0.29) is 12.4 Å². The van der Waals surface area contributed by atoms with E-state index in [1.165, 1.54) is 0 Å². The van der Waals surface area contributed by atoms with Crippen LogP contribution >= 0.6 is 11.6 Å². The van der Waals surface area contributed by atoms with Gasteiger partial charge >= 0.3 is 0 Å². The normalized spacial score (nSPS) is 12.5. The molecular weight excluding hydrogens is 314 g/mol. The van der Waals surface area contributed by atoms with E-state index in [0.29, 0.717) is 24.7 Å². The van der Waals surface area contributed by atoms with Crippen LogP contribution in [0.25, 0.3) is 0 Å². The van der Waals surface area contributed by atoms with Gasteiger partial charge in [0.2, 0.25) is 0 Å². The number of aromatic hydroxyl groups is 1. The molecular formula is C18H22ClNO3. The van der Waals surface area contributed by atoms with Crippen molar-refractivity contribution >= 4 is 11.6 Å². The first-order valence-corrected chi connectivity index (χ1v) is 7.88. The van der Waals surface area contributed by atoms with Crippen molar-refractivity contribution in [1.82, 2.24) is 4.90 Å². The predicted molar refractivity (Wildman–Crippen MR) is 91.6 cm³/mol. The summed E-state index contributed by atoms with van der Waals surface area (Å²) in [6.07, 6.45) is -0.603. The number of phenolic OH excluding ortho intramolecular Hbond substituents is 1. The van der Waals surface area contributed by atoms with Gasteiger partial charge in [0, 0.05) is 23.7 Å². The number of halogens is 1. The molecule has 0 saturated heterocycles. The van der Waals surface area contributed by atoms with Gasteiger partial charge in [-0.3, -0.25) is 4.90 Å². The third kappa shape index (κ3) is 5.84. The highest BCUT2D eigenvalue weighted by Gasteiger charge is 2.11. The van der Waals surface area contributed by atoms with Crippen molar-refractivity contribution in [3.63, 3.8) is 0 Å². The molecule has 0 saturated carbocycles. The molecule has 0 aromatic heterocycles. The van der Waals surface area contributed by atoms with E-state index < -0.39 is 6.10 Å².